The molecule has 2 fully saturated rings. The third-order valence-electron chi connectivity index (χ3n) is 6.54. The number of amides is 1. The summed E-state index contributed by atoms with van der Waals surface area (Å²) in [6.07, 6.45) is 3.33. The number of nitrogens with zero attached hydrogens (tertiary/aromatic N) is 5. The highest BCUT2D eigenvalue weighted by atomic mass is 19.1. The molecule has 9 heteroatoms. The standard InChI is InChI=1S/C24H28FN5O3/c1-14-26-22-28(13-20(21(31)30(22)27-14)15-6-5-7-18(25)8-15)11-16-9-19-10-17(16)12-29(19)23(32)33-24(2,3)4/h5-8,13,16-17,19H,9-12H2,1-4H3/t16-,17-,19+/m1/s1. The molecule has 0 unspecified atom stereocenters. The number of aryl methyl sites for hydroxylation is 1. The number of fused-ring (bicyclic) bond motifs is 3. The minimum atomic E-state index is -0.515. The van der Waals surface area contributed by atoms with Crippen LogP contribution in [0.4, 0.5) is 9.18 Å². The number of carbonyl (C=O) groups is 1. The molecule has 1 saturated carbocycles. The van der Waals surface area contributed by atoms with Crippen LogP contribution < -0.4 is 5.56 Å². The van der Waals surface area contributed by atoms with E-state index in [4.69, 9.17) is 4.74 Å². The SMILES string of the molecule is Cc1nc2n(C[C@H]3C[C@H]4C[C@@H]3CN4C(=O)OC(C)(C)C)cc(-c3cccc(F)c3)c(=O)n2n1. The third kappa shape index (κ3) is 4.00. The number of piperidine rings is 1. The lowest BCUT2D eigenvalue weighted by Crippen LogP contribution is -2.43. The number of ether oxygens (including phenoxy) is 1. The molecule has 2 aliphatic rings. The molecule has 3 aromatic rings. The Kier molecular flexibility index (Phi) is 5.02. The van der Waals surface area contributed by atoms with Crippen molar-refractivity contribution in [3.05, 3.63) is 52.5 Å². The van der Waals surface area contributed by atoms with E-state index in [1.165, 1.54) is 16.6 Å². The number of hydrogen-bond acceptors (Lipinski definition) is 5. The van der Waals surface area contributed by atoms with Gasteiger partial charge in [0.05, 0.1) is 5.56 Å². The monoisotopic (exact) mass is 453 g/mol. The first-order valence-electron chi connectivity index (χ1n) is 11.3. The summed E-state index contributed by atoms with van der Waals surface area (Å²) in [5.41, 5.74) is 0.0494. The van der Waals surface area contributed by atoms with Crippen LogP contribution in [0, 0.1) is 24.6 Å². The lowest BCUT2D eigenvalue weighted by Gasteiger charge is -2.33. The second kappa shape index (κ2) is 7.67. The van der Waals surface area contributed by atoms with Gasteiger partial charge in [0.2, 0.25) is 5.78 Å². The molecule has 1 saturated heterocycles. The van der Waals surface area contributed by atoms with Gasteiger partial charge >= 0.3 is 6.09 Å². The van der Waals surface area contributed by atoms with Crippen LogP contribution in [0.5, 0.6) is 0 Å². The average molecular weight is 454 g/mol. The Balaban J connectivity index is 1.43. The Labute approximate surface area is 191 Å². The molecule has 5 rings (SSSR count). The van der Waals surface area contributed by atoms with Crippen molar-refractivity contribution in [3.8, 4) is 11.1 Å². The Morgan fingerprint density at radius 2 is 2.06 bits per heavy atom. The van der Waals surface area contributed by atoms with Crippen LogP contribution in [-0.2, 0) is 11.3 Å². The first-order chi connectivity index (χ1) is 15.6. The van der Waals surface area contributed by atoms with E-state index in [9.17, 15) is 14.0 Å². The molecular weight excluding hydrogens is 425 g/mol. The van der Waals surface area contributed by atoms with Gasteiger partial charge in [-0.2, -0.15) is 9.50 Å². The summed E-state index contributed by atoms with van der Waals surface area (Å²) >= 11 is 0. The Morgan fingerprint density at radius 3 is 2.73 bits per heavy atom. The molecule has 1 aromatic carbocycles. The zero-order valence-corrected chi connectivity index (χ0v) is 19.3. The van der Waals surface area contributed by atoms with Crippen LogP contribution in [0.3, 0.4) is 0 Å². The molecule has 174 valence electrons. The number of aromatic nitrogens is 4. The molecule has 1 aliphatic heterocycles. The summed E-state index contributed by atoms with van der Waals surface area (Å²) < 4.78 is 22.7. The highest BCUT2D eigenvalue weighted by molar-refractivity contribution is 5.69. The first-order valence-corrected chi connectivity index (χ1v) is 11.3. The van der Waals surface area contributed by atoms with Crippen LogP contribution in [0.25, 0.3) is 16.9 Å². The van der Waals surface area contributed by atoms with E-state index in [1.54, 1.807) is 25.3 Å². The smallest absolute Gasteiger partial charge is 0.410 e. The van der Waals surface area contributed by atoms with E-state index in [1.807, 2.05) is 30.2 Å². The predicted octanol–water partition coefficient (Wildman–Crippen LogP) is 3.65. The van der Waals surface area contributed by atoms with Crippen molar-refractivity contribution in [2.45, 2.75) is 58.7 Å². The first kappa shape index (κ1) is 21.6. The number of benzene rings is 1. The predicted molar refractivity (Wildman–Crippen MR) is 120 cm³/mol. The minimum absolute atomic E-state index is 0.160. The van der Waals surface area contributed by atoms with Gasteiger partial charge in [-0.25, -0.2) is 9.18 Å². The molecule has 3 atom stereocenters. The molecule has 0 spiro atoms. The van der Waals surface area contributed by atoms with E-state index < -0.39 is 11.4 Å². The Morgan fingerprint density at radius 1 is 1.27 bits per heavy atom. The largest absolute Gasteiger partial charge is 0.444 e. The maximum absolute atomic E-state index is 13.9. The van der Waals surface area contributed by atoms with Crippen molar-refractivity contribution in [1.82, 2.24) is 24.1 Å². The van der Waals surface area contributed by atoms with Crippen molar-refractivity contribution >= 4 is 11.9 Å². The van der Waals surface area contributed by atoms with E-state index in [0.29, 0.717) is 47.7 Å². The maximum atomic E-state index is 13.9. The Hall–Kier alpha value is -3.23. The number of likely N-dealkylation sites (tertiary alicyclic amines) is 1. The molecule has 1 amide bonds. The summed E-state index contributed by atoms with van der Waals surface area (Å²) in [6.45, 7) is 8.69. The highest BCUT2D eigenvalue weighted by Crippen LogP contribution is 2.43. The van der Waals surface area contributed by atoms with Gasteiger partial charge in [0.1, 0.15) is 17.2 Å². The van der Waals surface area contributed by atoms with Gasteiger partial charge in [0.15, 0.2) is 0 Å². The summed E-state index contributed by atoms with van der Waals surface area (Å²) in [4.78, 5) is 32.0. The van der Waals surface area contributed by atoms with Gasteiger partial charge in [-0.15, -0.1) is 5.10 Å². The van der Waals surface area contributed by atoms with E-state index >= 15 is 0 Å². The summed E-state index contributed by atoms with van der Waals surface area (Å²) in [6, 6.07) is 6.17. The maximum Gasteiger partial charge on any atom is 0.410 e. The lowest BCUT2D eigenvalue weighted by molar-refractivity contribution is 0.0156. The summed E-state index contributed by atoms with van der Waals surface area (Å²) in [5.74, 6) is 1.26. The van der Waals surface area contributed by atoms with E-state index in [2.05, 4.69) is 10.1 Å². The number of hydrogen-bond donors (Lipinski definition) is 0. The van der Waals surface area contributed by atoms with Gasteiger partial charge in [0, 0.05) is 25.3 Å². The van der Waals surface area contributed by atoms with Gasteiger partial charge in [0.25, 0.3) is 5.56 Å². The number of rotatable bonds is 3. The normalized spacial score (nSPS) is 22.3. The second-order valence-electron chi connectivity index (χ2n) is 10.2. The third-order valence-corrected chi connectivity index (χ3v) is 6.54. The number of halogens is 1. The van der Waals surface area contributed by atoms with Crippen LogP contribution in [-0.4, -0.2) is 48.3 Å². The van der Waals surface area contributed by atoms with Crippen LogP contribution in [0.15, 0.2) is 35.3 Å². The topological polar surface area (TPSA) is 81.7 Å². The van der Waals surface area contributed by atoms with Crippen LogP contribution >= 0.6 is 0 Å². The molecule has 1 aliphatic carbocycles. The molecule has 0 radical (unpaired) electrons. The minimum Gasteiger partial charge on any atom is -0.444 e. The molecule has 2 aromatic heterocycles. The Bertz CT molecular complexity index is 1290. The molecule has 8 nitrogen and oxygen atoms in total. The fraction of sp³-hybridized carbons (Fsp3) is 0.500. The fourth-order valence-corrected chi connectivity index (χ4v) is 5.18. The van der Waals surface area contributed by atoms with Crippen molar-refractivity contribution < 1.29 is 13.9 Å². The van der Waals surface area contributed by atoms with Crippen molar-refractivity contribution in [3.63, 3.8) is 0 Å². The molecule has 2 bridgehead atoms. The van der Waals surface area contributed by atoms with Gasteiger partial charge in [-0.1, -0.05) is 12.1 Å². The highest BCUT2D eigenvalue weighted by Gasteiger charge is 2.47. The zero-order valence-electron chi connectivity index (χ0n) is 19.3. The number of carbonyl (C=O) groups excluding carboxylic acids is 1. The second-order valence-corrected chi connectivity index (χ2v) is 10.2. The zero-order chi connectivity index (χ0) is 23.5. The fourth-order valence-electron chi connectivity index (χ4n) is 5.18. The van der Waals surface area contributed by atoms with Crippen molar-refractivity contribution in [1.29, 1.82) is 0 Å². The summed E-state index contributed by atoms with van der Waals surface area (Å²) in [7, 11) is 0. The lowest BCUT2D eigenvalue weighted by atomic mass is 9.94. The molecule has 3 heterocycles. The summed E-state index contributed by atoms with van der Waals surface area (Å²) in [5, 5.41) is 4.28. The van der Waals surface area contributed by atoms with Gasteiger partial charge in [-0.3, -0.25) is 4.79 Å². The van der Waals surface area contributed by atoms with Crippen LogP contribution in [0.1, 0.15) is 39.4 Å². The molecule has 33 heavy (non-hydrogen) atoms. The molecular formula is C24H28FN5O3. The quantitative estimate of drug-likeness (QED) is 0.605. The molecule has 0 N–H and O–H groups in total. The van der Waals surface area contributed by atoms with Gasteiger partial charge in [-0.05, 0) is 70.1 Å². The van der Waals surface area contributed by atoms with E-state index in [0.717, 1.165) is 12.8 Å². The van der Waals surface area contributed by atoms with Crippen LogP contribution in [0.2, 0.25) is 0 Å². The van der Waals surface area contributed by atoms with E-state index in [-0.39, 0.29) is 17.7 Å². The average Bonchev–Trinajstić information content (AvgIpc) is 3.42. The van der Waals surface area contributed by atoms with Crippen molar-refractivity contribution in [2.75, 3.05) is 6.54 Å². The van der Waals surface area contributed by atoms with Gasteiger partial charge < -0.3 is 14.2 Å². The van der Waals surface area contributed by atoms with Crippen molar-refractivity contribution in [2.24, 2.45) is 11.8 Å².